The molecule has 0 amide bonds. The van der Waals surface area contributed by atoms with Crippen molar-refractivity contribution in [2.24, 2.45) is 0 Å². The summed E-state index contributed by atoms with van der Waals surface area (Å²) in [5.41, 5.74) is -2.90. The van der Waals surface area contributed by atoms with E-state index in [0.29, 0.717) is 18.4 Å². The Morgan fingerprint density at radius 3 is 2.22 bits per heavy atom. The van der Waals surface area contributed by atoms with Crippen LogP contribution in [0.15, 0.2) is 42.5 Å². The molecule has 0 aliphatic heterocycles. The Labute approximate surface area is 159 Å². The first-order valence-electron chi connectivity index (χ1n) is 8.32. The molecule has 2 aromatic carbocycles. The molecule has 1 aliphatic carbocycles. The second kappa shape index (κ2) is 6.81. The van der Waals surface area contributed by atoms with Crippen LogP contribution < -0.4 is 0 Å². The average molecular weight is 398 g/mol. The van der Waals surface area contributed by atoms with Crippen LogP contribution >= 0.6 is 11.6 Å². The third-order valence-electron chi connectivity index (χ3n) is 5.13. The minimum absolute atomic E-state index is 0.00311. The zero-order chi connectivity index (χ0) is 19.9. The lowest BCUT2D eigenvalue weighted by molar-refractivity contribution is -0.264. The quantitative estimate of drug-likeness (QED) is 0.695. The minimum atomic E-state index is -4.88. The first-order valence-corrected chi connectivity index (χ1v) is 8.70. The van der Waals surface area contributed by atoms with Gasteiger partial charge in [0.15, 0.2) is 5.60 Å². The molecule has 0 radical (unpaired) electrons. The van der Waals surface area contributed by atoms with Crippen LogP contribution in [0.5, 0.6) is 0 Å². The van der Waals surface area contributed by atoms with Crippen molar-refractivity contribution in [1.82, 2.24) is 0 Å². The van der Waals surface area contributed by atoms with Gasteiger partial charge in [-0.2, -0.15) is 18.4 Å². The van der Waals surface area contributed by atoms with Crippen LogP contribution in [-0.4, -0.2) is 16.9 Å². The van der Waals surface area contributed by atoms with Gasteiger partial charge in [0.25, 0.3) is 0 Å². The smallest absolute Gasteiger partial charge is 0.380 e. The van der Waals surface area contributed by atoms with Crippen LogP contribution in [0.3, 0.4) is 0 Å². The zero-order valence-corrected chi connectivity index (χ0v) is 14.9. The van der Waals surface area contributed by atoms with Crippen molar-refractivity contribution < 1.29 is 22.7 Å². The van der Waals surface area contributed by atoms with Crippen LogP contribution in [0.2, 0.25) is 5.02 Å². The second-order valence-electron chi connectivity index (χ2n) is 7.09. The molecule has 1 fully saturated rings. The Hall–Kier alpha value is -2.10. The van der Waals surface area contributed by atoms with E-state index in [1.54, 1.807) is 0 Å². The first kappa shape index (κ1) is 19.7. The Kier molecular flexibility index (Phi) is 4.96. The van der Waals surface area contributed by atoms with Gasteiger partial charge < -0.3 is 5.11 Å². The van der Waals surface area contributed by atoms with Crippen LogP contribution in [0.25, 0.3) is 0 Å². The number of halogens is 5. The molecule has 0 saturated heterocycles. The van der Waals surface area contributed by atoms with E-state index < -0.39 is 35.9 Å². The maximum absolute atomic E-state index is 13.8. The van der Waals surface area contributed by atoms with Crippen molar-refractivity contribution in [3.8, 4) is 6.07 Å². The Morgan fingerprint density at radius 2 is 1.74 bits per heavy atom. The highest BCUT2D eigenvalue weighted by molar-refractivity contribution is 6.31. The SMILES string of the molecule is N#Cc1ccc(CC(O)(CC2(c3ccc(F)cc3)CC2)C(F)(F)F)c(Cl)c1. The number of alkyl halides is 3. The predicted octanol–water partition coefficient (Wildman–Crippen LogP) is 5.31. The predicted molar refractivity (Wildman–Crippen MR) is 92.8 cm³/mol. The second-order valence-corrected chi connectivity index (χ2v) is 7.50. The molecule has 1 aliphatic rings. The molecule has 0 spiro atoms. The molecule has 142 valence electrons. The van der Waals surface area contributed by atoms with Crippen molar-refractivity contribution in [1.29, 1.82) is 5.26 Å². The normalized spacial score (nSPS) is 17.8. The van der Waals surface area contributed by atoms with E-state index in [4.69, 9.17) is 16.9 Å². The van der Waals surface area contributed by atoms with Gasteiger partial charge in [-0.15, -0.1) is 0 Å². The Morgan fingerprint density at radius 1 is 1.11 bits per heavy atom. The van der Waals surface area contributed by atoms with E-state index in [1.165, 1.54) is 42.5 Å². The molecular weight excluding hydrogens is 382 g/mol. The van der Waals surface area contributed by atoms with Crippen molar-refractivity contribution in [3.63, 3.8) is 0 Å². The largest absolute Gasteiger partial charge is 0.417 e. The van der Waals surface area contributed by atoms with Crippen LogP contribution in [0.4, 0.5) is 17.6 Å². The lowest BCUT2D eigenvalue weighted by Gasteiger charge is -2.34. The van der Waals surface area contributed by atoms with Gasteiger partial charge in [0.2, 0.25) is 0 Å². The van der Waals surface area contributed by atoms with Gasteiger partial charge in [-0.3, -0.25) is 0 Å². The van der Waals surface area contributed by atoms with Crippen LogP contribution in [0.1, 0.15) is 36.0 Å². The number of benzene rings is 2. The van der Waals surface area contributed by atoms with Gasteiger partial charge in [-0.1, -0.05) is 29.8 Å². The topological polar surface area (TPSA) is 44.0 Å². The molecule has 2 nitrogen and oxygen atoms in total. The highest BCUT2D eigenvalue weighted by atomic mass is 35.5. The van der Waals surface area contributed by atoms with E-state index in [0.717, 1.165) is 0 Å². The summed E-state index contributed by atoms with van der Waals surface area (Å²) in [6, 6.07) is 11.2. The summed E-state index contributed by atoms with van der Waals surface area (Å²) in [5.74, 6) is -0.468. The molecule has 1 atom stereocenters. The summed E-state index contributed by atoms with van der Waals surface area (Å²) in [6.45, 7) is 0. The van der Waals surface area contributed by atoms with E-state index in [2.05, 4.69) is 0 Å². The summed E-state index contributed by atoms with van der Waals surface area (Å²) in [4.78, 5) is 0. The van der Waals surface area contributed by atoms with Gasteiger partial charge >= 0.3 is 6.18 Å². The van der Waals surface area contributed by atoms with E-state index in [9.17, 15) is 22.7 Å². The molecule has 1 saturated carbocycles. The maximum atomic E-state index is 13.8. The van der Waals surface area contributed by atoms with Gasteiger partial charge in [0, 0.05) is 11.4 Å². The molecule has 7 heteroatoms. The highest BCUT2D eigenvalue weighted by Gasteiger charge is 2.60. The number of nitriles is 1. The fourth-order valence-electron chi connectivity index (χ4n) is 3.42. The van der Waals surface area contributed by atoms with E-state index >= 15 is 0 Å². The number of aliphatic hydroxyl groups is 1. The summed E-state index contributed by atoms with van der Waals surface area (Å²) >= 11 is 6.01. The molecular formula is C20H16ClF4NO. The number of rotatable bonds is 5. The van der Waals surface area contributed by atoms with Crippen molar-refractivity contribution >= 4 is 11.6 Å². The fraction of sp³-hybridized carbons (Fsp3) is 0.350. The van der Waals surface area contributed by atoms with Gasteiger partial charge in [0.1, 0.15) is 5.82 Å². The summed E-state index contributed by atoms with van der Waals surface area (Å²) < 4.78 is 54.5. The molecule has 0 bridgehead atoms. The Balaban J connectivity index is 1.92. The maximum Gasteiger partial charge on any atom is 0.417 e. The lowest BCUT2D eigenvalue weighted by atomic mass is 9.79. The molecule has 3 rings (SSSR count). The summed E-state index contributed by atoms with van der Waals surface area (Å²) in [6.07, 6.45) is -5.16. The molecule has 27 heavy (non-hydrogen) atoms. The zero-order valence-electron chi connectivity index (χ0n) is 14.2. The number of hydrogen-bond donors (Lipinski definition) is 1. The minimum Gasteiger partial charge on any atom is -0.380 e. The lowest BCUT2D eigenvalue weighted by Crippen LogP contribution is -2.49. The van der Waals surface area contributed by atoms with E-state index in [1.807, 2.05) is 6.07 Å². The van der Waals surface area contributed by atoms with E-state index in [-0.39, 0.29) is 16.1 Å². The van der Waals surface area contributed by atoms with Crippen molar-refractivity contribution in [3.05, 3.63) is 70.0 Å². The standard InChI is InChI=1S/C20H16ClF4NO/c21-17-9-13(11-26)1-2-14(17)10-19(27,20(23,24)25)12-18(7-8-18)15-3-5-16(22)6-4-15/h1-6,9,27H,7-8,10,12H2. The monoisotopic (exact) mass is 397 g/mol. The summed E-state index contributed by atoms with van der Waals surface area (Å²) in [7, 11) is 0. The number of hydrogen-bond acceptors (Lipinski definition) is 2. The third-order valence-corrected chi connectivity index (χ3v) is 5.49. The van der Waals surface area contributed by atoms with Crippen molar-refractivity contribution in [2.75, 3.05) is 0 Å². The molecule has 0 aromatic heterocycles. The fourth-order valence-corrected chi connectivity index (χ4v) is 3.67. The molecule has 0 heterocycles. The highest BCUT2D eigenvalue weighted by Crippen LogP contribution is 2.56. The molecule has 1 N–H and O–H groups in total. The van der Waals surface area contributed by atoms with Crippen LogP contribution in [0, 0.1) is 17.1 Å². The molecule has 2 aromatic rings. The van der Waals surface area contributed by atoms with Gasteiger partial charge in [-0.25, -0.2) is 4.39 Å². The Bertz CT molecular complexity index is 884. The van der Waals surface area contributed by atoms with Crippen molar-refractivity contribution in [2.45, 2.75) is 42.9 Å². The van der Waals surface area contributed by atoms with Crippen LogP contribution in [-0.2, 0) is 11.8 Å². The summed E-state index contributed by atoms with van der Waals surface area (Å²) in [5, 5.41) is 19.5. The van der Waals surface area contributed by atoms with Gasteiger partial charge in [-0.05, 0) is 60.1 Å². The number of nitrogens with zero attached hydrogens (tertiary/aromatic N) is 1. The molecule has 1 unspecified atom stereocenters. The average Bonchev–Trinajstić information content (AvgIpc) is 3.36. The first-order chi connectivity index (χ1) is 12.6. The van der Waals surface area contributed by atoms with Gasteiger partial charge in [0.05, 0.1) is 11.6 Å². The third kappa shape index (κ3) is 3.95.